The number of benzene rings is 1. The largest absolute Gasteiger partial charge is 0.352 e. The van der Waals surface area contributed by atoms with Crippen LogP contribution in [0.2, 0.25) is 0 Å². The molecular formula is C19H20N4S2. The van der Waals surface area contributed by atoms with E-state index < -0.39 is 5.66 Å². The van der Waals surface area contributed by atoms with Crippen LogP contribution in [0.5, 0.6) is 0 Å². The molecule has 128 valence electrons. The molecule has 3 aromatic rings. The fraction of sp³-hybridized carbons (Fsp3) is 0.211. The molecule has 0 amide bonds. The summed E-state index contributed by atoms with van der Waals surface area (Å²) in [7, 11) is 0. The Kier molecular flexibility index (Phi) is 4.57. The van der Waals surface area contributed by atoms with Gasteiger partial charge in [-0.3, -0.25) is 0 Å². The fourth-order valence-corrected chi connectivity index (χ4v) is 5.12. The highest BCUT2D eigenvalue weighted by Crippen LogP contribution is 2.46. The highest BCUT2D eigenvalue weighted by Gasteiger charge is 2.41. The second kappa shape index (κ2) is 7.00. The van der Waals surface area contributed by atoms with Crippen molar-refractivity contribution < 1.29 is 0 Å². The van der Waals surface area contributed by atoms with Gasteiger partial charge in [0.25, 0.3) is 0 Å². The van der Waals surface area contributed by atoms with E-state index in [4.69, 9.17) is 4.99 Å². The lowest BCUT2D eigenvalue weighted by atomic mass is 10.00. The molecule has 0 saturated heterocycles. The van der Waals surface area contributed by atoms with Gasteiger partial charge in [0.1, 0.15) is 0 Å². The Labute approximate surface area is 155 Å². The molecule has 2 aromatic heterocycles. The zero-order valence-electron chi connectivity index (χ0n) is 14.0. The highest BCUT2D eigenvalue weighted by atomic mass is 32.1. The number of rotatable bonds is 6. The van der Waals surface area contributed by atoms with E-state index in [0.29, 0.717) is 0 Å². The first kappa shape index (κ1) is 16.3. The Morgan fingerprint density at radius 1 is 1.04 bits per heavy atom. The van der Waals surface area contributed by atoms with Gasteiger partial charge in [-0.2, -0.15) is 0 Å². The Bertz CT molecular complexity index is 868. The van der Waals surface area contributed by atoms with Gasteiger partial charge >= 0.3 is 0 Å². The normalized spacial score (nSPS) is 18.6. The molecule has 0 bridgehead atoms. The van der Waals surface area contributed by atoms with E-state index in [0.717, 1.165) is 24.5 Å². The van der Waals surface area contributed by atoms with Crippen LogP contribution in [-0.2, 0) is 12.2 Å². The minimum absolute atomic E-state index is 0.588. The average Bonchev–Trinajstić information content (AvgIpc) is 3.31. The van der Waals surface area contributed by atoms with Crippen molar-refractivity contribution in [2.75, 3.05) is 17.2 Å². The van der Waals surface area contributed by atoms with Gasteiger partial charge in [-0.25, -0.2) is 4.99 Å². The zero-order chi connectivity index (χ0) is 17.1. The lowest BCUT2D eigenvalue weighted by Gasteiger charge is -2.34. The summed E-state index contributed by atoms with van der Waals surface area (Å²) in [5.41, 5.74) is 2.87. The van der Waals surface area contributed by atoms with Crippen LogP contribution in [0, 0.1) is 0 Å². The van der Waals surface area contributed by atoms with Crippen LogP contribution < -0.4 is 16.0 Å². The highest BCUT2D eigenvalue weighted by molar-refractivity contribution is 7.12. The third-order valence-corrected chi connectivity index (χ3v) is 6.30. The first-order chi connectivity index (χ1) is 12.3. The molecule has 4 rings (SSSR count). The summed E-state index contributed by atoms with van der Waals surface area (Å²) in [6.45, 7) is 3.92. The van der Waals surface area contributed by atoms with Crippen LogP contribution in [0.3, 0.4) is 0 Å². The van der Waals surface area contributed by atoms with E-state index in [1.807, 2.05) is 24.5 Å². The van der Waals surface area contributed by atoms with Gasteiger partial charge in [0.15, 0.2) is 0 Å². The lowest BCUT2D eigenvalue weighted by molar-refractivity contribution is 0.633. The Morgan fingerprint density at radius 3 is 2.68 bits per heavy atom. The van der Waals surface area contributed by atoms with Crippen molar-refractivity contribution in [2.24, 2.45) is 4.99 Å². The number of thiophene rings is 2. The van der Waals surface area contributed by atoms with Crippen LogP contribution in [0.1, 0.15) is 22.2 Å². The third kappa shape index (κ3) is 2.97. The van der Waals surface area contributed by atoms with Gasteiger partial charge in [-0.05, 0) is 47.1 Å². The second-order valence-corrected chi connectivity index (χ2v) is 7.65. The Morgan fingerprint density at radius 2 is 1.84 bits per heavy atom. The molecule has 25 heavy (non-hydrogen) atoms. The second-order valence-electron chi connectivity index (χ2n) is 5.82. The summed E-state index contributed by atoms with van der Waals surface area (Å²) in [6.07, 6.45) is 1.81. The SMILES string of the molecule is CCNCc1ccsc1C1(Nc2ccccc2)N=CNc2ccsc21. The maximum atomic E-state index is 4.93. The standard InChI is InChI=1S/C19H20N4S2/c1-2-20-12-14-8-10-24-17(14)19(23-15-6-4-3-5-7-15)18-16(9-11-25-18)21-13-22-19/h3-11,13,20,23H,2,12H2,1H3,(H,21,22). The maximum Gasteiger partial charge on any atom is 0.204 e. The Balaban J connectivity index is 1.84. The summed E-state index contributed by atoms with van der Waals surface area (Å²) in [6, 6.07) is 14.6. The molecular weight excluding hydrogens is 348 g/mol. The van der Waals surface area contributed by atoms with Gasteiger partial charge in [-0.15, -0.1) is 22.7 Å². The third-order valence-electron chi connectivity index (χ3n) is 4.21. The molecule has 1 unspecified atom stereocenters. The molecule has 0 spiro atoms. The molecule has 0 saturated carbocycles. The number of aliphatic imine (C=N–C) groups is 1. The van der Waals surface area contributed by atoms with Crippen molar-refractivity contribution in [3.63, 3.8) is 0 Å². The first-order valence-electron chi connectivity index (χ1n) is 8.32. The summed E-state index contributed by atoms with van der Waals surface area (Å²) in [4.78, 5) is 7.36. The predicted molar refractivity (Wildman–Crippen MR) is 109 cm³/mol. The van der Waals surface area contributed by atoms with Crippen LogP contribution in [0.15, 0.2) is 58.2 Å². The zero-order valence-corrected chi connectivity index (χ0v) is 15.6. The van der Waals surface area contributed by atoms with Crippen LogP contribution in [0.25, 0.3) is 0 Å². The minimum Gasteiger partial charge on any atom is -0.352 e. The molecule has 3 N–H and O–H groups in total. The van der Waals surface area contributed by atoms with Crippen molar-refractivity contribution in [3.05, 3.63) is 68.5 Å². The predicted octanol–water partition coefficient (Wildman–Crippen LogP) is 4.69. The molecule has 0 radical (unpaired) electrons. The number of hydrogen-bond acceptors (Lipinski definition) is 6. The van der Waals surface area contributed by atoms with E-state index in [2.05, 4.69) is 57.9 Å². The van der Waals surface area contributed by atoms with Gasteiger partial charge < -0.3 is 16.0 Å². The molecule has 6 heteroatoms. The topological polar surface area (TPSA) is 48.5 Å². The molecule has 3 heterocycles. The number of nitrogens with one attached hydrogen (secondary N) is 3. The molecule has 1 atom stereocenters. The minimum atomic E-state index is -0.588. The van der Waals surface area contributed by atoms with E-state index >= 15 is 0 Å². The molecule has 1 aromatic carbocycles. The van der Waals surface area contributed by atoms with Crippen molar-refractivity contribution >= 4 is 40.4 Å². The molecule has 4 nitrogen and oxygen atoms in total. The van der Waals surface area contributed by atoms with Gasteiger partial charge in [0, 0.05) is 12.2 Å². The van der Waals surface area contributed by atoms with Crippen LogP contribution in [0.4, 0.5) is 11.4 Å². The number of para-hydroxylation sites is 1. The van der Waals surface area contributed by atoms with Gasteiger partial charge in [0.05, 0.1) is 21.8 Å². The molecule has 1 aliphatic heterocycles. The van der Waals surface area contributed by atoms with E-state index in [1.54, 1.807) is 22.7 Å². The number of fused-ring (bicyclic) bond motifs is 1. The monoisotopic (exact) mass is 368 g/mol. The van der Waals surface area contributed by atoms with Crippen molar-refractivity contribution in [1.29, 1.82) is 0 Å². The smallest absolute Gasteiger partial charge is 0.204 e. The molecule has 0 fully saturated rings. The summed E-state index contributed by atoms with van der Waals surface area (Å²) in [5.74, 6) is 0. The summed E-state index contributed by atoms with van der Waals surface area (Å²) in [5, 5.41) is 14.7. The average molecular weight is 369 g/mol. The van der Waals surface area contributed by atoms with Crippen LogP contribution in [-0.4, -0.2) is 12.9 Å². The summed E-state index contributed by atoms with van der Waals surface area (Å²) >= 11 is 3.48. The van der Waals surface area contributed by atoms with Crippen molar-refractivity contribution in [1.82, 2.24) is 5.32 Å². The van der Waals surface area contributed by atoms with Gasteiger partial charge in [-0.1, -0.05) is 25.1 Å². The lowest BCUT2D eigenvalue weighted by Crippen LogP contribution is -2.37. The van der Waals surface area contributed by atoms with E-state index in [9.17, 15) is 0 Å². The van der Waals surface area contributed by atoms with E-state index in [1.165, 1.54) is 15.3 Å². The van der Waals surface area contributed by atoms with Crippen molar-refractivity contribution in [3.8, 4) is 0 Å². The first-order valence-corrected chi connectivity index (χ1v) is 10.1. The van der Waals surface area contributed by atoms with Crippen LogP contribution >= 0.6 is 22.7 Å². The number of hydrogen-bond donors (Lipinski definition) is 3. The Hall–Kier alpha value is -2.15. The van der Waals surface area contributed by atoms with Gasteiger partial charge in [0.2, 0.25) is 5.66 Å². The molecule has 1 aliphatic rings. The quantitative estimate of drug-likeness (QED) is 0.592. The number of anilines is 2. The maximum absolute atomic E-state index is 4.93. The van der Waals surface area contributed by atoms with Crippen molar-refractivity contribution in [2.45, 2.75) is 19.1 Å². The number of nitrogens with zero attached hydrogens (tertiary/aromatic N) is 1. The summed E-state index contributed by atoms with van der Waals surface area (Å²) < 4.78 is 0. The van der Waals surface area contributed by atoms with E-state index in [-0.39, 0.29) is 0 Å². The molecule has 0 aliphatic carbocycles. The fourth-order valence-electron chi connectivity index (χ4n) is 3.05.